The van der Waals surface area contributed by atoms with E-state index in [1.54, 1.807) is 0 Å². The van der Waals surface area contributed by atoms with E-state index in [9.17, 15) is 4.79 Å². The van der Waals surface area contributed by atoms with Crippen LogP contribution in [0.15, 0.2) is 65.7 Å². The van der Waals surface area contributed by atoms with E-state index in [2.05, 4.69) is 4.99 Å². The number of rotatable bonds is 4. The molecule has 1 aliphatic rings. The van der Waals surface area contributed by atoms with Crippen molar-refractivity contribution < 1.29 is 9.53 Å². The van der Waals surface area contributed by atoms with Gasteiger partial charge < -0.3 is 4.74 Å². The maximum atomic E-state index is 12.0. The van der Waals surface area contributed by atoms with E-state index < -0.39 is 0 Å². The minimum Gasteiger partial charge on any atom is -0.468 e. The van der Waals surface area contributed by atoms with Crippen LogP contribution in [0.4, 0.5) is 0 Å². The fourth-order valence-corrected chi connectivity index (χ4v) is 2.85. The van der Waals surface area contributed by atoms with Gasteiger partial charge in [0.2, 0.25) is 5.12 Å². The lowest BCUT2D eigenvalue weighted by Gasteiger charge is -2.04. The molecule has 106 valence electrons. The molecule has 3 rings (SSSR count). The molecule has 0 fully saturated rings. The molecule has 0 saturated heterocycles. The van der Waals surface area contributed by atoms with Gasteiger partial charge in [0.1, 0.15) is 12.6 Å². The third-order valence-electron chi connectivity index (χ3n) is 3.20. The molecule has 21 heavy (non-hydrogen) atoms. The molecule has 2 aromatic rings. The Labute approximate surface area is 128 Å². The Hall–Kier alpha value is -2.07. The highest BCUT2D eigenvalue weighted by molar-refractivity contribution is 8.26. The summed E-state index contributed by atoms with van der Waals surface area (Å²) < 4.78 is 5.62. The first kappa shape index (κ1) is 13.9. The second-order valence-corrected chi connectivity index (χ2v) is 5.75. The molecule has 0 spiro atoms. The molecule has 1 aliphatic heterocycles. The molecule has 0 bridgehead atoms. The zero-order chi connectivity index (χ0) is 14.5. The van der Waals surface area contributed by atoms with Crippen molar-refractivity contribution in [1.29, 1.82) is 0 Å². The number of carbonyl (C=O) groups excluding carboxylic acids is 1. The van der Waals surface area contributed by atoms with Crippen molar-refractivity contribution in [2.24, 2.45) is 4.99 Å². The smallest absolute Gasteiger partial charge is 0.254 e. The highest BCUT2D eigenvalue weighted by Gasteiger charge is 2.29. The van der Waals surface area contributed by atoms with E-state index in [0.29, 0.717) is 18.3 Å². The summed E-state index contributed by atoms with van der Waals surface area (Å²) in [6.45, 7) is 0.442. The van der Waals surface area contributed by atoms with Gasteiger partial charge in [-0.2, -0.15) is 0 Å². The lowest BCUT2D eigenvalue weighted by atomic mass is 10.1. The van der Waals surface area contributed by atoms with Crippen LogP contribution in [0.25, 0.3) is 0 Å². The van der Waals surface area contributed by atoms with E-state index in [1.165, 1.54) is 0 Å². The topological polar surface area (TPSA) is 38.7 Å². The monoisotopic (exact) mass is 297 g/mol. The van der Waals surface area contributed by atoms with Gasteiger partial charge in [0.15, 0.2) is 0 Å². The first-order chi connectivity index (χ1) is 10.3. The molecule has 1 atom stereocenters. The summed E-state index contributed by atoms with van der Waals surface area (Å²) in [5.74, 6) is 0. The van der Waals surface area contributed by atoms with Gasteiger partial charge in [-0.05, 0) is 11.1 Å². The highest BCUT2D eigenvalue weighted by atomic mass is 32.2. The van der Waals surface area contributed by atoms with Crippen LogP contribution in [-0.2, 0) is 22.6 Å². The first-order valence-electron chi connectivity index (χ1n) is 6.81. The van der Waals surface area contributed by atoms with E-state index in [0.717, 1.165) is 22.9 Å². The molecule has 0 N–H and O–H groups in total. The SMILES string of the molecule is O=C1SC(OCc2ccccc2)=NC1Cc1ccccc1. The standard InChI is InChI=1S/C17H15NO2S/c19-16-15(11-13-7-3-1-4-8-13)18-17(21-16)20-12-14-9-5-2-6-10-14/h1-10,15H,11-12H2. The third-order valence-corrected chi connectivity index (χ3v) is 4.07. The Morgan fingerprint density at radius 2 is 1.57 bits per heavy atom. The largest absolute Gasteiger partial charge is 0.468 e. The summed E-state index contributed by atoms with van der Waals surface area (Å²) in [6.07, 6.45) is 0.630. The van der Waals surface area contributed by atoms with Crippen molar-refractivity contribution in [3.05, 3.63) is 71.8 Å². The molecular weight excluding hydrogens is 282 g/mol. The van der Waals surface area contributed by atoms with Crippen molar-refractivity contribution in [2.45, 2.75) is 19.1 Å². The molecule has 1 heterocycles. The summed E-state index contributed by atoms with van der Waals surface area (Å²) in [7, 11) is 0. The Morgan fingerprint density at radius 3 is 2.24 bits per heavy atom. The Balaban J connectivity index is 1.60. The second kappa shape index (κ2) is 6.59. The third kappa shape index (κ3) is 3.73. The molecular formula is C17H15NO2S. The quantitative estimate of drug-likeness (QED) is 0.867. The van der Waals surface area contributed by atoms with Crippen LogP contribution in [0.3, 0.4) is 0 Å². The molecule has 2 aromatic carbocycles. The first-order valence-corrected chi connectivity index (χ1v) is 7.63. The van der Waals surface area contributed by atoms with E-state index in [1.807, 2.05) is 60.7 Å². The van der Waals surface area contributed by atoms with Gasteiger partial charge in [-0.1, -0.05) is 60.7 Å². The molecule has 0 aromatic heterocycles. The van der Waals surface area contributed by atoms with Crippen LogP contribution < -0.4 is 0 Å². The summed E-state index contributed by atoms with van der Waals surface area (Å²) in [5.41, 5.74) is 2.18. The number of hydrogen-bond acceptors (Lipinski definition) is 4. The maximum absolute atomic E-state index is 12.0. The van der Waals surface area contributed by atoms with Crippen LogP contribution >= 0.6 is 11.8 Å². The van der Waals surface area contributed by atoms with Gasteiger partial charge in [-0.3, -0.25) is 4.79 Å². The van der Waals surface area contributed by atoms with Gasteiger partial charge in [-0.25, -0.2) is 4.99 Å². The van der Waals surface area contributed by atoms with Gasteiger partial charge in [0.25, 0.3) is 5.23 Å². The van der Waals surface area contributed by atoms with Crippen LogP contribution in [0.5, 0.6) is 0 Å². The van der Waals surface area contributed by atoms with Gasteiger partial charge in [-0.15, -0.1) is 0 Å². The van der Waals surface area contributed by atoms with E-state index >= 15 is 0 Å². The van der Waals surface area contributed by atoms with E-state index in [4.69, 9.17) is 4.74 Å². The summed E-state index contributed by atoms with van der Waals surface area (Å²) in [6, 6.07) is 19.5. The number of nitrogens with zero attached hydrogens (tertiary/aromatic N) is 1. The fourth-order valence-electron chi connectivity index (χ4n) is 2.11. The predicted octanol–water partition coefficient (Wildman–Crippen LogP) is 3.44. The Morgan fingerprint density at radius 1 is 0.952 bits per heavy atom. The average Bonchev–Trinajstić information content (AvgIpc) is 2.87. The van der Waals surface area contributed by atoms with Crippen LogP contribution in [-0.4, -0.2) is 16.4 Å². The van der Waals surface area contributed by atoms with Gasteiger partial charge in [0, 0.05) is 18.2 Å². The molecule has 0 saturated carbocycles. The average molecular weight is 297 g/mol. The summed E-state index contributed by atoms with van der Waals surface area (Å²) in [5, 5.41) is 0.534. The van der Waals surface area contributed by atoms with Gasteiger partial charge >= 0.3 is 0 Å². The lowest BCUT2D eigenvalue weighted by Crippen LogP contribution is -2.13. The van der Waals surface area contributed by atoms with Crippen molar-refractivity contribution in [1.82, 2.24) is 0 Å². The van der Waals surface area contributed by atoms with Crippen molar-refractivity contribution in [3.8, 4) is 0 Å². The zero-order valence-corrected chi connectivity index (χ0v) is 12.3. The Bertz CT molecular complexity index is 640. The molecule has 3 nitrogen and oxygen atoms in total. The fraction of sp³-hybridized carbons (Fsp3) is 0.176. The Kier molecular flexibility index (Phi) is 4.36. The predicted molar refractivity (Wildman–Crippen MR) is 85.2 cm³/mol. The van der Waals surface area contributed by atoms with E-state index in [-0.39, 0.29) is 11.2 Å². The van der Waals surface area contributed by atoms with Crippen LogP contribution in [0.2, 0.25) is 0 Å². The molecule has 4 heteroatoms. The lowest BCUT2D eigenvalue weighted by molar-refractivity contribution is -0.111. The molecule has 1 unspecified atom stereocenters. The molecule has 0 aliphatic carbocycles. The number of aliphatic imine (C=N–C) groups is 1. The van der Waals surface area contributed by atoms with Crippen molar-refractivity contribution in [2.75, 3.05) is 0 Å². The number of thioether (sulfide) groups is 1. The second-order valence-electron chi connectivity index (χ2n) is 4.80. The summed E-state index contributed by atoms with van der Waals surface area (Å²) in [4.78, 5) is 16.4. The minimum absolute atomic E-state index is 0.0573. The van der Waals surface area contributed by atoms with Crippen LogP contribution in [0, 0.1) is 0 Å². The number of hydrogen-bond donors (Lipinski definition) is 0. The van der Waals surface area contributed by atoms with Crippen LogP contribution in [0.1, 0.15) is 11.1 Å². The van der Waals surface area contributed by atoms with Gasteiger partial charge in [0.05, 0.1) is 0 Å². The molecule has 0 radical (unpaired) electrons. The summed E-state index contributed by atoms with van der Waals surface area (Å²) >= 11 is 1.10. The number of benzene rings is 2. The number of ether oxygens (including phenoxy) is 1. The maximum Gasteiger partial charge on any atom is 0.254 e. The minimum atomic E-state index is -0.330. The van der Waals surface area contributed by atoms with Crippen molar-refractivity contribution >= 4 is 22.1 Å². The zero-order valence-electron chi connectivity index (χ0n) is 11.4. The van der Waals surface area contributed by atoms with Crippen molar-refractivity contribution in [3.63, 3.8) is 0 Å². The highest BCUT2D eigenvalue weighted by Crippen LogP contribution is 2.24. The molecule has 0 amide bonds. The normalized spacial score (nSPS) is 17.6. The number of carbonyl (C=O) groups is 1.